The summed E-state index contributed by atoms with van der Waals surface area (Å²) < 4.78 is 40.8. The number of nitrogens with one attached hydrogen (secondary N) is 2. The molecule has 2 N–H and O–H groups in total. The van der Waals surface area contributed by atoms with E-state index < -0.39 is 23.3 Å². The topological polar surface area (TPSA) is 66.9 Å². The third-order valence-corrected chi connectivity index (χ3v) is 4.65. The van der Waals surface area contributed by atoms with Gasteiger partial charge in [-0.2, -0.15) is 13.2 Å². The van der Waals surface area contributed by atoms with E-state index in [1.54, 1.807) is 24.3 Å². The van der Waals surface area contributed by atoms with Crippen LogP contribution >= 0.6 is 15.9 Å². The minimum absolute atomic E-state index is 0.231. The molecule has 1 aromatic carbocycles. The molecule has 1 heterocycles. The molecule has 26 heavy (non-hydrogen) atoms. The smallest absolute Gasteiger partial charge is 0.352 e. The van der Waals surface area contributed by atoms with Gasteiger partial charge in [0.25, 0.3) is 5.91 Å². The summed E-state index contributed by atoms with van der Waals surface area (Å²) in [5, 5.41) is 5.25. The van der Waals surface area contributed by atoms with Crippen LogP contribution in [0.25, 0.3) is 0 Å². The largest absolute Gasteiger partial charge is 0.434 e. The number of carbonyl (C=O) groups is 1. The van der Waals surface area contributed by atoms with Crippen LogP contribution in [0.2, 0.25) is 0 Å². The fraction of sp³-hybridized carbons (Fsp3) is 0.353. The SMILES string of the molecule is O=C(NCC1CCC1)c1cnc(Nc2cccc(Br)c2)nc1C(F)(F)F. The average molecular weight is 429 g/mol. The van der Waals surface area contributed by atoms with E-state index in [9.17, 15) is 18.0 Å². The predicted octanol–water partition coefficient (Wildman–Crippen LogP) is 4.53. The van der Waals surface area contributed by atoms with Gasteiger partial charge in [-0.15, -0.1) is 0 Å². The third-order valence-electron chi connectivity index (χ3n) is 4.16. The van der Waals surface area contributed by atoms with E-state index in [0.29, 0.717) is 18.2 Å². The summed E-state index contributed by atoms with van der Waals surface area (Å²) in [5.74, 6) is -0.698. The highest BCUT2D eigenvalue weighted by Gasteiger charge is 2.38. The van der Waals surface area contributed by atoms with Crippen molar-refractivity contribution in [1.82, 2.24) is 15.3 Å². The molecule has 9 heteroatoms. The zero-order chi connectivity index (χ0) is 18.7. The Kier molecular flexibility index (Phi) is 5.45. The second-order valence-electron chi connectivity index (χ2n) is 6.10. The minimum atomic E-state index is -4.76. The first-order valence-electron chi connectivity index (χ1n) is 8.08. The summed E-state index contributed by atoms with van der Waals surface area (Å²) in [6.45, 7) is 0.369. The number of carbonyl (C=O) groups excluding carboxylic acids is 1. The van der Waals surface area contributed by atoms with Gasteiger partial charge in [0.2, 0.25) is 5.95 Å². The van der Waals surface area contributed by atoms with E-state index in [1.807, 2.05) is 0 Å². The Balaban J connectivity index is 1.82. The zero-order valence-corrected chi connectivity index (χ0v) is 15.2. The summed E-state index contributed by atoms with van der Waals surface area (Å²) in [6, 6.07) is 6.85. The number of nitrogens with zero attached hydrogens (tertiary/aromatic N) is 2. The van der Waals surface area contributed by atoms with Gasteiger partial charge < -0.3 is 10.6 Å². The molecule has 2 aromatic rings. The van der Waals surface area contributed by atoms with Crippen molar-refractivity contribution in [3.05, 3.63) is 46.2 Å². The number of aromatic nitrogens is 2. The van der Waals surface area contributed by atoms with Crippen LogP contribution in [0, 0.1) is 5.92 Å². The lowest BCUT2D eigenvalue weighted by molar-refractivity contribution is -0.141. The van der Waals surface area contributed by atoms with Crippen molar-refractivity contribution >= 4 is 33.5 Å². The number of anilines is 2. The predicted molar refractivity (Wildman–Crippen MR) is 94.1 cm³/mol. The molecule has 0 unspecified atom stereocenters. The number of hydrogen-bond acceptors (Lipinski definition) is 4. The molecule has 1 aliphatic carbocycles. The lowest BCUT2D eigenvalue weighted by Crippen LogP contribution is -2.33. The number of benzene rings is 1. The Labute approximate surface area is 156 Å². The quantitative estimate of drug-likeness (QED) is 0.733. The summed E-state index contributed by atoms with van der Waals surface area (Å²) in [4.78, 5) is 19.5. The highest BCUT2D eigenvalue weighted by atomic mass is 79.9. The Hall–Kier alpha value is -2.16. The van der Waals surface area contributed by atoms with Crippen LogP contribution in [0.3, 0.4) is 0 Å². The molecule has 5 nitrogen and oxygen atoms in total. The van der Waals surface area contributed by atoms with Crippen LogP contribution in [-0.4, -0.2) is 22.4 Å². The molecular weight excluding hydrogens is 413 g/mol. The second-order valence-corrected chi connectivity index (χ2v) is 7.01. The van der Waals surface area contributed by atoms with Crippen molar-refractivity contribution in [3.63, 3.8) is 0 Å². The van der Waals surface area contributed by atoms with Gasteiger partial charge >= 0.3 is 6.18 Å². The van der Waals surface area contributed by atoms with Crippen molar-refractivity contribution in [2.24, 2.45) is 5.92 Å². The summed E-state index contributed by atoms with van der Waals surface area (Å²) in [5.41, 5.74) is -1.30. The lowest BCUT2D eigenvalue weighted by atomic mass is 9.85. The Bertz CT molecular complexity index is 809. The van der Waals surface area contributed by atoms with Crippen LogP contribution in [-0.2, 0) is 6.18 Å². The van der Waals surface area contributed by atoms with Crippen molar-refractivity contribution in [2.45, 2.75) is 25.4 Å². The van der Waals surface area contributed by atoms with E-state index in [1.165, 1.54) is 0 Å². The van der Waals surface area contributed by atoms with Crippen LogP contribution in [0.5, 0.6) is 0 Å². The number of amides is 1. The van der Waals surface area contributed by atoms with Gasteiger partial charge in [-0.05, 0) is 37.0 Å². The van der Waals surface area contributed by atoms with Gasteiger partial charge in [-0.3, -0.25) is 4.79 Å². The standard InChI is InChI=1S/C17H16BrF3N4O/c18-11-5-2-6-12(7-11)24-16-23-9-13(14(25-16)17(19,20)21)15(26)22-8-10-3-1-4-10/h2,5-7,9-10H,1,3-4,8H2,(H,22,26)(H,23,24,25). The monoisotopic (exact) mass is 428 g/mol. The molecule has 0 radical (unpaired) electrons. The Morgan fingerprint density at radius 1 is 1.31 bits per heavy atom. The molecule has 1 fully saturated rings. The number of hydrogen-bond donors (Lipinski definition) is 2. The molecule has 1 saturated carbocycles. The van der Waals surface area contributed by atoms with Crippen LogP contribution in [0.4, 0.5) is 24.8 Å². The molecule has 138 valence electrons. The maximum absolute atomic E-state index is 13.4. The molecular formula is C17H16BrF3N4O. The fourth-order valence-corrected chi connectivity index (χ4v) is 2.95. The van der Waals surface area contributed by atoms with Crippen molar-refractivity contribution in [2.75, 3.05) is 11.9 Å². The average Bonchev–Trinajstić information content (AvgIpc) is 2.52. The maximum atomic E-state index is 13.4. The number of alkyl halides is 3. The molecule has 1 amide bonds. The van der Waals surface area contributed by atoms with Gasteiger partial charge in [0, 0.05) is 22.9 Å². The van der Waals surface area contributed by atoms with Gasteiger partial charge in [0.05, 0.1) is 5.56 Å². The van der Waals surface area contributed by atoms with Crippen LogP contribution in [0.15, 0.2) is 34.9 Å². The lowest BCUT2D eigenvalue weighted by Gasteiger charge is -2.25. The van der Waals surface area contributed by atoms with Crippen molar-refractivity contribution < 1.29 is 18.0 Å². The molecule has 0 aliphatic heterocycles. The summed E-state index contributed by atoms with van der Waals surface area (Å²) in [6.07, 6.45) is -0.795. The van der Waals surface area contributed by atoms with Crippen molar-refractivity contribution in [1.29, 1.82) is 0 Å². The molecule has 3 rings (SSSR count). The first-order valence-corrected chi connectivity index (χ1v) is 8.87. The van der Waals surface area contributed by atoms with E-state index in [0.717, 1.165) is 29.9 Å². The highest BCUT2D eigenvalue weighted by molar-refractivity contribution is 9.10. The van der Waals surface area contributed by atoms with E-state index in [4.69, 9.17) is 0 Å². The molecule has 0 saturated heterocycles. The van der Waals surface area contributed by atoms with E-state index >= 15 is 0 Å². The van der Waals surface area contributed by atoms with Gasteiger partial charge in [-0.1, -0.05) is 28.4 Å². The number of halogens is 4. The maximum Gasteiger partial charge on any atom is 0.434 e. The Morgan fingerprint density at radius 2 is 2.08 bits per heavy atom. The summed E-state index contributed by atoms with van der Waals surface area (Å²) >= 11 is 3.28. The van der Waals surface area contributed by atoms with Crippen LogP contribution in [0.1, 0.15) is 35.3 Å². The van der Waals surface area contributed by atoms with Gasteiger partial charge in [-0.25, -0.2) is 9.97 Å². The fourth-order valence-electron chi connectivity index (χ4n) is 2.55. The van der Waals surface area contributed by atoms with Gasteiger partial charge in [0.15, 0.2) is 5.69 Å². The third kappa shape index (κ3) is 4.51. The minimum Gasteiger partial charge on any atom is -0.352 e. The first kappa shape index (κ1) is 18.6. The first-order chi connectivity index (χ1) is 12.3. The molecule has 1 aliphatic rings. The second kappa shape index (κ2) is 7.61. The Morgan fingerprint density at radius 3 is 2.69 bits per heavy atom. The molecule has 0 bridgehead atoms. The number of rotatable bonds is 5. The normalized spacial score (nSPS) is 14.6. The van der Waals surface area contributed by atoms with E-state index in [2.05, 4.69) is 36.5 Å². The molecule has 0 atom stereocenters. The van der Waals surface area contributed by atoms with Crippen LogP contribution < -0.4 is 10.6 Å². The highest BCUT2D eigenvalue weighted by Crippen LogP contribution is 2.31. The summed E-state index contributed by atoms with van der Waals surface area (Å²) in [7, 11) is 0. The van der Waals surface area contributed by atoms with Crippen molar-refractivity contribution in [3.8, 4) is 0 Å². The van der Waals surface area contributed by atoms with E-state index in [-0.39, 0.29) is 5.95 Å². The molecule has 0 spiro atoms. The zero-order valence-electron chi connectivity index (χ0n) is 13.6. The van der Waals surface area contributed by atoms with Gasteiger partial charge in [0.1, 0.15) is 0 Å². The molecule has 1 aromatic heterocycles.